The van der Waals surface area contributed by atoms with Gasteiger partial charge in [-0.05, 0) is 40.2 Å². The van der Waals surface area contributed by atoms with E-state index in [1.54, 1.807) is 34.6 Å². The molecule has 0 aliphatic carbocycles. The number of carbonyl (C=O) groups is 2. The summed E-state index contributed by atoms with van der Waals surface area (Å²) in [5, 5.41) is 0. The molecule has 0 saturated carbocycles. The normalized spacial score (nSPS) is 21.4. The van der Waals surface area contributed by atoms with Crippen LogP contribution in [0.2, 0.25) is 0 Å². The third-order valence-electron chi connectivity index (χ3n) is 3.68. The monoisotopic (exact) mass is 335 g/mol. The average molecular weight is 335 g/mol. The van der Waals surface area contributed by atoms with Crippen molar-refractivity contribution in [2.45, 2.75) is 58.2 Å². The fraction of sp³-hybridized carbons (Fsp3) is 0.556. The van der Waals surface area contributed by atoms with Crippen LogP contribution < -0.4 is 0 Å². The highest BCUT2D eigenvalue weighted by Gasteiger charge is 2.55. The predicted octanol–water partition coefficient (Wildman–Crippen LogP) is 3.27. The van der Waals surface area contributed by atoms with E-state index in [9.17, 15) is 9.59 Å². The van der Waals surface area contributed by atoms with E-state index in [2.05, 4.69) is 0 Å². The van der Waals surface area contributed by atoms with Crippen molar-refractivity contribution in [3.8, 4) is 0 Å². The van der Waals surface area contributed by atoms with Crippen molar-refractivity contribution in [2.24, 2.45) is 0 Å². The summed E-state index contributed by atoms with van der Waals surface area (Å²) in [5.41, 5.74) is 0.121. The number of imide groups is 1. The number of hydrogen-bond acceptors (Lipinski definition) is 5. The Kier molecular flexibility index (Phi) is 5.01. The summed E-state index contributed by atoms with van der Waals surface area (Å²) < 4.78 is 16.4. The first-order valence-electron chi connectivity index (χ1n) is 7.90. The van der Waals surface area contributed by atoms with E-state index in [1.807, 2.05) is 30.3 Å². The number of β-lactam (4-membered cyclic amide) rings is 1. The number of likely N-dealkylation sites (tertiary alicyclic amines) is 1. The second-order valence-corrected chi connectivity index (χ2v) is 7.19. The van der Waals surface area contributed by atoms with E-state index >= 15 is 0 Å². The van der Waals surface area contributed by atoms with Crippen LogP contribution in [-0.4, -0.2) is 41.5 Å². The van der Waals surface area contributed by atoms with Crippen molar-refractivity contribution in [3.05, 3.63) is 35.9 Å². The zero-order chi connectivity index (χ0) is 18.1. The molecule has 1 aromatic carbocycles. The van der Waals surface area contributed by atoms with E-state index in [0.717, 1.165) is 10.5 Å². The van der Waals surface area contributed by atoms with Crippen molar-refractivity contribution in [1.82, 2.24) is 4.90 Å². The fourth-order valence-electron chi connectivity index (χ4n) is 2.42. The highest BCUT2D eigenvalue weighted by Crippen LogP contribution is 2.40. The molecule has 1 heterocycles. The molecule has 1 aromatic rings. The van der Waals surface area contributed by atoms with Crippen LogP contribution in [-0.2, 0) is 19.0 Å². The Morgan fingerprint density at radius 2 is 1.67 bits per heavy atom. The van der Waals surface area contributed by atoms with Gasteiger partial charge in [-0.1, -0.05) is 30.3 Å². The minimum absolute atomic E-state index is 0.428. The first kappa shape index (κ1) is 18.4. The summed E-state index contributed by atoms with van der Waals surface area (Å²) >= 11 is 0. The van der Waals surface area contributed by atoms with Gasteiger partial charge in [0.25, 0.3) is 5.91 Å². The van der Waals surface area contributed by atoms with Gasteiger partial charge in [-0.3, -0.25) is 4.79 Å². The predicted molar refractivity (Wildman–Crippen MR) is 88.2 cm³/mol. The molecule has 6 nitrogen and oxygen atoms in total. The van der Waals surface area contributed by atoms with Crippen molar-refractivity contribution >= 4 is 12.0 Å². The molecule has 0 spiro atoms. The van der Waals surface area contributed by atoms with E-state index in [0.29, 0.717) is 0 Å². The standard InChI is InChI=1S/C18H25NO5/c1-17(2,3)24-16(21)19-13(12-10-8-7-9-11-12)14(15(19)20)23-18(4,5)22-6/h7-11,13-14H,1-6H3/t13-,14+/m1/s1. The molecule has 1 aliphatic rings. The molecule has 1 saturated heterocycles. The van der Waals surface area contributed by atoms with Gasteiger partial charge in [0.15, 0.2) is 11.9 Å². The van der Waals surface area contributed by atoms with Crippen molar-refractivity contribution in [3.63, 3.8) is 0 Å². The van der Waals surface area contributed by atoms with E-state index in [-0.39, 0.29) is 0 Å². The molecular weight excluding hydrogens is 310 g/mol. The van der Waals surface area contributed by atoms with Crippen LogP contribution in [0.3, 0.4) is 0 Å². The number of rotatable bonds is 4. The van der Waals surface area contributed by atoms with Gasteiger partial charge in [0, 0.05) is 7.11 Å². The van der Waals surface area contributed by atoms with Crippen LogP contribution in [0.15, 0.2) is 30.3 Å². The zero-order valence-corrected chi connectivity index (χ0v) is 15.0. The highest BCUT2D eigenvalue weighted by atomic mass is 16.7. The molecule has 0 bridgehead atoms. The van der Waals surface area contributed by atoms with Gasteiger partial charge in [0.05, 0.1) is 0 Å². The Morgan fingerprint density at radius 1 is 1.08 bits per heavy atom. The van der Waals surface area contributed by atoms with Gasteiger partial charge in [0.1, 0.15) is 11.6 Å². The summed E-state index contributed by atoms with van der Waals surface area (Å²) in [7, 11) is 1.51. The number of benzene rings is 1. The number of ether oxygens (including phenoxy) is 3. The van der Waals surface area contributed by atoms with E-state index in [1.165, 1.54) is 7.11 Å². The maximum Gasteiger partial charge on any atom is 0.417 e. The molecule has 132 valence electrons. The van der Waals surface area contributed by atoms with Gasteiger partial charge in [-0.25, -0.2) is 9.69 Å². The smallest absolute Gasteiger partial charge is 0.417 e. The van der Waals surface area contributed by atoms with Crippen LogP contribution in [0.5, 0.6) is 0 Å². The summed E-state index contributed by atoms with van der Waals surface area (Å²) in [5.74, 6) is -1.36. The Balaban J connectivity index is 2.28. The molecule has 2 amide bonds. The molecule has 0 N–H and O–H groups in total. The Labute approximate surface area is 142 Å². The molecule has 24 heavy (non-hydrogen) atoms. The van der Waals surface area contributed by atoms with E-state index < -0.39 is 35.5 Å². The molecule has 6 heteroatoms. The minimum atomic E-state index is -0.937. The number of hydrogen-bond donors (Lipinski definition) is 0. The zero-order valence-electron chi connectivity index (χ0n) is 15.0. The fourth-order valence-corrected chi connectivity index (χ4v) is 2.42. The molecule has 0 radical (unpaired) electrons. The lowest BCUT2D eigenvalue weighted by Gasteiger charge is -2.47. The van der Waals surface area contributed by atoms with Crippen LogP contribution in [0.4, 0.5) is 4.79 Å². The average Bonchev–Trinajstić information content (AvgIpc) is 2.49. The molecule has 0 aromatic heterocycles. The highest BCUT2D eigenvalue weighted by molar-refractivity contribution is 6.01. The molecule has 1 fully saturated rings. The Bertz CT molecular complexity index is 606. The maximum absolute atomic E-state index is 12.5. The Morgan fingerprint density at radius 3 is 2.17 bits per heavy atom. The van der Waals surface area contributed by atoms with Gasteiger partial charge >= 0.3 is 6.09 Å². The van der Waals surface area contributed by atoms with Crippen LogP contribution in [0.25, 0.3) is 0 Å². The number of amides is 2. The van der Waals surface area contributed by atoms with Gasteiger partial charge in [0.2, 0.25) is 0 Å². The van der Waals surface area contributed by atoms with Crippen molar-refractivity contribution in [2.75, 3.05) is 7.11 Å². The number of methoxy groups -OCH3 is 1. The Hall–Kier alpha value is -1.92. The summed E-state index contributed by atoms with van der Waals surface area (Å²) in [6.45, 7) is 8.72. The lowest BCUT2D eigenvalue weighted by molar-refractivity contribution is -0.252. The van der Waals surface area contributed by atoms with Gasteiger partial charge in [-0.15, -0.1) is 0 Å². The van der Waals surface area contributed by atoms with Crippen molar-refractivity contribution < 1.29 is 23.8 Å². The minimum Gasteiger partial charge on any atom is -0.443 e. The largest absolute Gasteiger partial charge is 0.443 e. The van der Waals surface area contributed by atoms with E-state index in [4.69, 9.17) is 14.2 Å². The topological polar surface area (TPSA) is 65.1 Å². The molecule has 2 atom stereocenters. The second-order valence-electron chi connectivity index (χ2n) is 7.19. The van der Waals surface area contributed by atoms with Crippen LogP contribution >= 0.6 is 0 Å². The first-order valence-corrected chi connectivity index (χ1v) is 7.90. The lowest BCUT2D eigenvalue weighted by Crippen LogP contribution is -2.64. The lowest BCUT2D eigenvalue weighted by atomic mass is 9.91. The third kappa shape index (κ3) is 3.94. The van der Waals surface area contributed by atoms with Gasteiger partial charge < -0.3 is 14.2 Å². The molecular formula is C18H25NO5. The first-order chi connectivity index (χ1) is 11.1. The maximum atomic E-state index is 12.5. The van der Waals surface area contributed by atoms with Crippen LogP contribution in [0.1, 0.15) is 46.2 Å². The van der Waals surface area contributed by atoms with Crippen LogP contribution in [0, 0.1) is 0 Å². The quantitative estimate of drug-likeness (QED) is 0.624. The van der Waals surface area contributed by atoms with Crippen molar-refractivity contribution in [1.29, 1.82) is 0 Å². The number of carbonyl (C=O) groups excluding carboxylic acids is 2. The summed E-state index contributed by atoms with van der Waals surface area (Å²) in [6, 6.07) is 8.74. The summed E-state index contributed by atoms with van der Waals surface area (Å²) in [6.07, 6.45) is -1.47. The SMILES string of the molecule is COC(C)(C)O[C@@H]1C(=O)N(C(=O)OC(C)(C)C)[C@@H]1c1ccccc1. The molecule has 2 rings (SSSR count). The second kappa shape index (κ2) is 6.53. The summed E-state index contributed by atoms with van der Waals surface area (Å²) in [4.78, 5) is 26.0. The molecule has 1 aliphatic heterocycles. The van der Waals surface area contributed by atoms with Gasteiger partial charge in [-0.2, -0.15) is 0 Å². The third-order valence-corrected chi connectivity index (χ3v) is 3.68. The molecule has 0 unspecified atom stereocenters. The number of nitrogens with zero attached hydrogens (tertiary/aromatic N) is 1.